The van der Waals surface area contributed by atoms with Crippen LogP contribution in [0.4, 0.5) is 5.69 Å². The van der Waals surface area contributed by atoms with Crippen LogP contribution in [-0.2, 0) is 21.2 Å². The Balaban J connectivity index is 1.51. The summed E-state index contributed by atoms with van der Waals surface area (Å²) in [5, 5.41) is 3.28. The maximum atomic E-state index is 12.4. The molecular formula is C23H23ClN2O4S. The summed E-state index contributed by atoms with van der Waals surface area (Å²) >= 11 is 5.91. The molecule has 0 aliphatic rings. The van der Waals surface area contributed by atoms with Gasteiger partial charge >= 0.3 is 0 Å². The van der Waals surface area contributed by atoms with Crippen molar-refractivity contribution in [2.45, 2.75) is 18.2 Å². The van der Waals surface area contributed by atoms with Gasteiger partial charge in [0.1, 0.15) is 5.75 Å². The minimum absolute atomic E-state index is 0.131. The van der Waals surface area contributed by atoms with Crippen molar-refractivity contribution in [3.63, 3.8) is 0 Å². The van der Waals surface area contributed by atoms with E-state index in [0.717, 1.165) is 11.1 Å². The zero-order valence-corrected chi connectivity index (χ0v) is 18.5. The SMILES string of the molecule is Cc1cc(Cl)ccc1OCC(=O)Nc1ccc(S(=O)(=O)NCCc2ccccc2)cc1. The number of carbonyl (C=O) groups is 1. The van der Waals surface area contributed by atoms with E-state index in [1.165, 1.54) is 24.3 Å². The fraction of sp³-hybridized carbons (Fsp3) is 0.174. The van der Waals surface area contributed by atoms with Crippen LogP contribution >= 0.6 is 11.6 Å². The van der Waals surface area contributed by atoms with E-state index in [2.05, 4.69) is 10.0 Å². The van der Waals surface area contributed by atoms with Crippen molar-refractivity contribution in [1.82, 2.24) is 4.72 Å². The van der Waals surface area contributed by atoms with Gasteiger partial charge in [-0.05, 0) is 66.9 Å². The molecule has 31 heavy (non-hydrogen) atoms. The predicted octanol–water partition coefficient (Wildman–Crippen LogP) is 4.19. The molecule has 0 bridgehead atoms. The summed E-state index contributed by atoms with van der Waals surface area (Å²) in [6, 6.07) is 20.8. The molecule has 0 atom stereocenters. The minimum atomic E-state index is -3.63. The Morgan fingerprint density at radius 2 is 1.71 bits per heavy atom. The largest absolute Gasteiger partial charge is 0.483 e. The number of hydrogen-bond acceptors (Lipinski definition) is 4. The highest BCUT2D eigenvalue weighted by molar-refractivity contribution is 7.89. The van der Waals surface area contributed by atoms with Crippen LogP contribution in [0.25, 0.3) is 0 Å². The van der Waals surface area contributed by atoms with Gasteiger partial charge in [-0.2, -0.15) is 0 Å². The molecule has 2 N–H and O–H groups in total. The van der Waals surface area contributed by atoms with Crippen LogP contribution in [0.15, 0.2) is 77.7 Å². The highest BCUT2D eigenvalue weighted by atomic mass is 35.5. The molecular weight excluding hydrogens is 436 g/mol. The quantitative estimate of drug-likeness (QED) is 0.503. The third kappa shape index (κ3) is 6.82. The number of hydrogen-bond donors (Lipinski definition) is 2. The van der Waals surface area contributed by atoms with Gasteiger partial charge in [0, 0.05) is 17.3 Å². The molecule has 0 saturated carbocycles. The van der Waals surface area contributed by atoms with Gasteiger partial charge in [-0.3, -0.25) is 4.79 Å². The van der Waals surface area contributed by atoms with Crippen LogP contribution in [-0.4, -0.2) is 27.5 Å². The first kappa shape index (κ1) is 22.8. The first-order valence-corrected chi connectivity index (χ1v) is 11.5. The molecule has 6 nitrogen and oxygen atoms in total. The number of sulfonamides is 1. The average Bonchev–Trinajstić information content (AvgIpc) is 2.74. The van der Waals surface area contributed by atoms with Crippen molar-refractivity contribution in [3.05, 3.63) is 88.9 Å². The molecule has 0 aliphatic heterocycles. The van der Waals surface area contributed by atoms with Crippen molar-refractivity contribution in [2.24, 2.45) is 0 Å². The van der Waals surface area contributed by atoms with Gasteiger partial charge in [0.15, 0.2) is 6.61 Å². The number of amides is 1. The molecule has 0 heterocycles. The minimum Gasteiger partial charge on any atom is -0.483 e. The lowest BCUT2D eigenvalue weighted by molar-refractivity contribution is -0.118. The van der Waals surface area contributed by atoms with Crippen molar-refractivity contribution < 1.29 is 17.9 Å². The van der Waals surface area contributed by atoms with Gasteiger partial charge in [0.2, 0.25) is 10.0 Å². The first-order chi connectivity index (χ1) is 14.8. The summed E-state index contributed by atoms with van der Waals surface area (Å²) < 4.78 is 33.0. The number of nitrogens with one attached hydrogen (secondary N) is 2. The van der Waals surface area contributed by atoms with Crippen LogP contribution in [0.5, 0.6) is 5.75 Å². The van der Waals surface area contributed by atoms with Gasteiger partial charge in [-0.1, -0.05) is 41.9 Å². The fourth-order valence-electron chi connectivity index (χ4n) is 2.89. The normalized spacial score (nSPS) is 11.2. The summed E-state index contributed by atoms with van der Waals surface area (Å²) in [5.74, 6) is 0.216. The molecule has 0 saturated heterocycles. The lowest BCUT2D eigenvalue weighted by Gasteiger charge is -2.11. The van der Waals surface area contributed by atoms with E-state index in [0.29, 0.717) is 29.4 Å². The molecule has 3 aromatic rings. The summed E-state index contributed by atoms with van der Waals surface area (Å²) in [7, 11) is -3.63. The highest BCUT2D eigenvalue weighted by Gasteiger charge is 2.14. The Labute approximate surface area is 187 Å². The molecule has 0 spiro atoms. The third-order valence-electron chi connectivity index (χ3n) is 4.49. The van der Waals surface area contributed by atoms with E-state index in [1.54, 1.807) is 18.2 Å². The summed E-state index contributed by atoms with van der Waals surface area (Å²) in [4.78, 5) is 12.3. The van der Waals surface area contributed by atoms with Crippen LogP contribution in [0, 0.1) is 6.92 Å². The molecule has 3 aromatic carbocycles. The van der Waals surface area contributed by atoms with Gasteiger partial charge in [-0.25, -0.2) is 13.1 Å². The van der Waals surface area contributed by atoms with E-state index >= 15 is 0 Å². The monoisotopic (exact) mass is 458 g/mol. The summed E-state index contributed by atoms with van der Waals surface area (Å²) in [5.41, 5.74) is 2.36. The van der Waals surface area contributed by atoms with Crippen molar-refractivity contribution >= 4 is 33.2 Å². The van der Waals surface area contributed by atoms with Crippen LogP contribution in [0.1, 0.15) is 11.1 Å². The Bertz CT molecular complexity index is 1130. The molecule has 0 aromatic heterocycles. The Morgan fingerprint density at radius 3 is 2.39 bits per heavy atom. The molecule has 0 unspecified atom stereocenters. The molecule has 8 heteroatoms. The number of halogens is 1. The molecule has 0 fully saturated rings. The lowest BCUT2D eigenvalue weighted by atomic mass is 10.2. The number of benzene rings is 3. The van der Waals surface area contributed by atoms with E-state index < -0.39 is 10.0 Å². The Kier molecular flexibility index (Phi) is 7.68. The Morgan fingerprint density at radius 1 is 1.00 bits per heavy atom. The zero-order chi connectivity index (χ0) is 22.3. The lowest BCUT2D eigenvalue weighted by Crippen LogP contribution is -2.26. The van der Waals surface area contributed by atoms with Crippen LogP contribution in [0.3, 0.4) is 0 Å². The maximum Gasteiger partial charge on any atom is 0.262 e. The summed E-state index contributed by atoms with van der Waals surface area (Å²) in [6.45, 7) is 1.96. The number of anilines is 1. The number of rotatable bonds is 9. The van der Waals surface area contributed by atoms with E-state index in [4.69, 9.17) is 16.3 Å². The predicted molar refractivity (Wildman–Crippen MR) is 122 cm³/mol. The van der Waals surface area contributed by atoms with Crippen LogP contribution < -0.4 is 14.8 Å². The Hall–Kier alpha value is -2.87. The fourth-order valence-corrected chi connectivity index (χ4v) is 4.15. The molecule has 0 radical (unpaired) electrons. The van der Waals surface area contributed by atoms with Crippen LogP contribution in [0.2, 0.25) is 5.02 Å². The zero-order valence-electron chi connectivity index (χ0n) is 17.0. The third-order valence-corrected chi connectivity index (χ3v) is 6.20. The standard InChI is InChI=1S/C23H23ClN2O4S/c1-17-15-19(24)7-12-22(17)30-16-23(27)26-20-8-10-21(11-9-20)31(28,29)25-14-13-18-5-3-2-4-6-18/h2-12,15,25H,13-14,16H2,1H3,(H,26,27). The van der Waals surface area contributed by atoms with Crippen molar-refractivity contribution in [3.8, 4) is 5.75 Å². The van der Waals surface area contributed by atoms with Crippen molar-refractivity contribution in [2.75, 3.05) is 18.5 Å². The molecule has 3 rings (SSSR count). The highest BCUT2D eigenvalue weighted by Crippen LogP contribution is 2.22. The number of aryl methyl sites for hydroxylation is 1. The average molecular weight is 459 g/mol. The van der Waals surface area contributed by atoms with Gasteiger partial charge < -0.3 is 10.1 Å². The number of carbonyl (C=O) groups excluding carboxylic acids is 1. The van der Waals surface area contributed by atoms with E-state index in [-0.39, 0.29) is 17.4 Å². The molecule has 0 aliphatic carbocycles. The second kappa shape index (κ2) is 10.4. The summed E-state index contributed by atoms with van der Waals surface area (Å²) in [6.07, 6.45) is 0.599. The van der Waals surface area contributed by atoms with Crippen molar-refractivity contribution in [1.29, 1.82) is 0 Å². The second-order valence-electron chi connectivity index (χ2n) is 6.90. The first-order valence-electron chi connectivity index (χ1n) is 9.66. The maximum absolute atomic E-state index is 12.4. The topological polar surface area (TPSA) is 84.5 Å². The van der Waals surface area contributed by atoms with Gasteiger partial charge in [0.05, 0.1) is 4.90 Å². The van der Waals surface area contributed by atoms with Gasteiger partial charge in [-0.15, -0.1) is 0 Å². The number of ether oxygens (including phenoxy) is 1. The smallest absolute Gasteiger partial charge is 0.262 e. The second-order valence-corrected chi connectivity index (χ2v) is 9.11. The van der Waals surface area contributed by atoms with E-state index in [1.807, 2.05) is 37.3 Å². The van der Waals surface area contributed by atoms with E-state index in [9.17, 15) is 13.2 Å². The molecule has 162 valence electrons. The molecule has 1 amide bonds. The van der Waals surface area contributed by atoms with Gasteiger partial charge in [0.25, 0.3) is 5.91 Å².